The highest BCUT2D eigenvalue weighted by molar-refractivity contribution is 7.17. The molecule has 3 aromatic rings. The number of nitrogens with two attached hydrogens (primary N) is 1. The highest BCUT2D eigenvalue weighted by Crippen LogP contribution is 2.33. The Balaban J connectivity index is 1.46. The summed E-state index contributed by atoms with van der Waals surface area (Å²) in [6.07, 6.45) is 1.24. The number of hydrogen-bond acceptors (Lipinski definition) is 8. The molecule has 3 heterocycles. The van der Waals surface area contributed by atoms with Gasteiger partial charge in [-0.05, 0) is 31.4 Å². The largest absolute Gasteiger partial charge is 0.462 e. The Morgan fingerprint density at radius 3 is 2.62 bits per heavy atom. The Morgan fingerprint density at radius 2 is 1.91 bits per heavy atom. The van der Waals surface area contributed by atoms with E-state index in [2.05, 4.69) is 33.9 Å². The first-order chi connectivity index (χ1) is 15.5. The van der Waals surface area contributed by atoms with Gasteiger partial charge < -0.3 is 20.3 Å². The summed E-state index contributed by atoms with van der Waals surface area (Å²) in [5.41, 5.74) is 8.81. The molecule has 1 saturated heterocycles. The van der Waals surface area contributed by atoms with E-state index in [0.717, 1.165) is 6.42 Å². The van der Waals surface area contributed by atoms with E-state index in [1.165, 1.54) is 22.5 Å². The summed E-state index contributed by atoms with van der Waals surface area (Å²) in [6.45, 7) is 6.55. The number of nitrogen functional groups attached to an aromatic ring is 1. The molecule has 8 nitrogen and oxygen atoms in total. The van der Waals surface area contributed by atoms with Crippen LogP contribution in [0.1, 0.15) is 34.8 Å². The standard InChI is InChI=1S/C23H27N5O3S/c1-3-31-22(30)17-14-32-21-19(17)20(25-23(24)26-21)28-12-10-27(11-13-28)18(29)9-8-16-7-5-4-6-15(16)2/h4-7,14H,3,8-13H2,1-2H3,(H2,24,25,26). The number of esters is 1. The maximum atomic E-state index is 12.8. The van der Waals surface area contributed by atoms with Crippen LogP contribution in [0.25, 0.3) is 10.2 Å². The number of carbonyl (C=O) groups excluding carboxylic acids is 2. The van der Waals surface area contributed by atoms with Gasteiger partial charge in [0.2, 0.25) is 11.9 Å². The zero-order valence-electron chi connectivity index (χ0n) is 18.3. The zero-order chi connectivity index (χ0) is 22.7. The van der Waals surface area contributed by atoms with Gasteiger partial charge in [-0.2, -0.15) is 4.98 Å². The van der Waals surface area contributed by atoms with Crippen LogP contribution in [0.4, 0.5) is 11.8 Å². The molecule has 1 aliphatic rings. The number of rotatable bonds is 6. The van der Waals surface area contributed by atoms with Crippen molar-refractivity contribution in [1.29, 1.82) is 0 Å². The number of aryl methyl sites for hydroxylation is 2. The second-order valence-electron chi connectivity index (χ2n) is 7.75. The number of fused-ring (bicyclic) bond motifs is 1. The van der Waals surface area contributed by atoms with Crippen molar-refractivity contribution in [3.63, 3.8) is 0 Å². The van der Waals surface area contributed by atoms with Gasteiger partial charge in [0.1, 0.15) is 10.6 Å². The zero-order valence-corrected chi connectivity index (χ0v) is 19.2. The highest BCUT2D eigenvalue weighted by Gasteiger charge is 2.26. The molecule has 2 aromatic heterocycles. The van der Waals surface area contributed by atoms with Crippen LogP contribution < -0.4 is 10.6 Å². The first-order valence-electron chi connectivity index (χ1n) is 10.8. The van der Waals surface area contributed by atoms with Crippen molar-refractivity contribution in [2.45, 2.75) is 26.7 Å². The molecule has 0 radical (unpaired) electrons. The van der Waals surface area contributed by atoms with Crippen LogP contribution in [-0.4, -0.2) is 59.5 Å². The Morgan fingerprint density at radius 1 is 1.16 bits per heavy atom. The van der Waals surface area contributed by atoms with Crippen molar-refractivity contribution in [1.82, 2.24) is 14.9 Å². The van der Waals surface area contributed by atoms with Crippen LogP contribution in [0, 0.1) is 6.92 Å². The van der Waals surface area contributed by atoms with E-state index in [4.69, 9.17) is 10.5 Å². The quantitative estimate of drug-likeness (QED) is 0.573. The van der Waals surface area contributed by atoms with E-state index in [0.29, 0.717) is 60.8 Å². The Bertz CT molecular complexity index is 1140. The number of nitrogens with zero attached hydrogens (tertiary/aromatic N) is 4. The van der Waals surface area contributed by atoms with Gasteiger partial charge in [0.05, 0.1) is 17.6 Å². The average molecular weight is 454 g/mol. The molecule has 0 saturated carbocycles. The number of aromatic nitrogens is 2. The van der Waals surface area contributed by atoms with Crippen LogP contribution in [0.3, 0.4) is 0 Å². The number of ether oxygens (including phenoxy) is 1. The van der Waals surface area contributed by atoms with Gasteiger partial charge in [0.25, 0.3) is 0 Å². The summed E-state index contributed by atoms with van der Waals surface area (Å²) in [4.78, 5) is 38.5. The van der Waals surface area contributed by atoms with Crippen molar-refractivity contribution in [3.05, 3.63) is 46.3 Å². The molecule has 0 unspecified atom stereocenters. The molecule has 0 aliphatic carbocycles. The molecule has 4 rings (SSSR count). The SMILES string of the molecule is CCOC(=O)c1csc2nc(N)nc(N3CCN(C(=O)CCc4ccccc4C)CC3)c12. The van der Waals surface area contributed by atoms with Gasteiger partial charge in [-0.3, -0.25) is 4.79 Å². The van der Waals surface area contributed by atoms with E-state index >= 15 is 0 Å². The minimum absolute atomic E-state index is 0.156. The van der Waals surface area contributed by atoms with Gasteiger partial charge >= 0.3 is 5.97 Å². The van der Waals surface area contributed by atoms with Crippen molar-refractivity contribution in [2.24, 2.45) is 0 Å². The fraction of sp³-hybridized carbons (Fsp3) is 0.391. The molecule has 9 heteroatoms. The molecule has 2 N–H and O–H groups in total. The Hall–Kier alpha value is -3.20. The van der Waals surface area contributed by atoms with E-state index < -0.39 is 5.97 Å². The predicted octanol–water partition coefficient (Wildman–Crippen LogP) is 3.04. The molecule has 0 spiro atoms. The molecular formula is C23H27N5O3S. The minimum atomic E-state index is -0.390. The second-order valence-corrected chi connectivity index (χ2v) is 8.61. The molecule has 1 fully saturated rings. The topological polar surface area (TPSA) is 102 Å². The van der Waals surface area contributed by atoms with Crippen LogP contribution in [-0.2, 0) is 16.0 Å². The van der Waals surface area contributed by atoms with E-state index in [1.807, 2.05) is 17.0 Å². The molecule has 0 bridgehead atoms. The lowest BCUT2D eigenvalue weighted by Gasteiger charge is -2.36. The number of amides is 1. The van der Waals surface area contributed by atoms with Crippen LogP contribution in [0.2, 0.25) is 0 Å². The van der Waals surface area contributed by atoms with Gasteiger partial charge in [-0.1, -0.05) is 24.3 Å². The molecular weight excluding hydrogens is 426 g/mol. The van der Waals surface area contributed by atoms with Crippen molar-refractivity contribution < 1.29 is 14.3 Å². The van der Waals surface area contributed by atoms with Crippen molar-refractivity contribution in [2.75, 3.05) is 43.4 Å². The number of benzene rings is 1. The molecule has 1 aromatic carbocycles. The van der Waals surface area contributed by atoms with E-state index in [9.17, 15) is 9.59 Å². The Labute approximate surface area is 191 Å². The summed E-state index contributed by atoms with van der Waals surface area (Å²) >= 11 is 1.35. The van der Waals surface area contributed by atoms with Crippen LogP contribution in [0.5, 0.6) is 0 Å². The maximum absolute atomic E-state index is 12.8. The number of carbonyl (C=O) groups is 2. The molecule has 168 valence electrons. The average Bonchev–Trinajstić information content (AvgIpc) is 3.22. The van der Waals surface area contributed by atoms with E-state index in [-0.39, 0.29) is 11.9 Å². The van der Waals surface area contributed by atoms with Gasteiger partial charge in [-0.25, -0.2) is 9.78 Å². The second kappa shape index (κ2) is 9.52. The van der Waals surface area contributed by atoms with E-state index in [1.54, 1.807) is 12.3 Å². The third kappa shape index (κ3) is 4.52. The summed E-state index contributed by atoms with van der Waals surface area (Å²) in [7, 11) is 0. The lowest BCUT2D eigenvalue weighted by atomic mass is 10.0. The monoisotopic (exact) mass is 453 g/mol. The summed E-state index contributed by atoms with van der Waals surface area (Å²) < 4.78 is 5.20. The fourth-order valence-electron chi connectivity index (χ4n) is 3.99. The molecule has 32 heavy (non-hydrogen) atoms. The third-order valence-corrected chi connectivity index (χ3v) is 6.60. The lowest BCUT2D eigenvalue weighted by molar-refractivity contribution is -0.131. The summed E-state index contributed by atoms with van der Waals surface area (Å²) in [5, 5.41) is 2.41. The summed E-state index contributed by atoms with van der Waals surface area (Å²) in [6, 6.07) is 8.17. The molecule has 1 amide bonds. The van der Waals surface area contributed by atoms with Crippen LogP contribution in [0.15, 0.2) is 29.6 Å². The number of hydrogen-bond donors (Lipinski definition) is 1. The van der Waals surface area contributed by atoms with Gasteiger partial charge in [0, 0.05) is 38.0 Å². The highest BCUT2D eigenvalue weighted by atomic mass is 32.1. The lowest BCUT2D eigenvalue weighted by Crippen LogP contribution is -2.49. The van der Waals surface area contributed by atoms with Gasteiger partial charge in [-0.15, -0.1) is 11.3 Å². The Kier molecular flexibility index (Phi) is 6.55. The van der Waals surface area contributed by atoms with Gasteiger partial charge in [0.15, 0.2) is 0 Å². The maximum Gasteiger partial charge on any atom is 0.339 e. The smallest absolute Gasteiger partial charge is 0.339 e. The van der Waals surface area contributed by atoms with Crippen molar-refractivity contribution in [3.8, 4) is 0 Å². The number of piperazine rings is 1. The minimum Gasteiger partial charge on any atom is -0.462 e. The normalized spacial score (nSPS) is 14.1. The molecule has 0 atom stereocenters. The number of thiophene rings is 1. The van der Waals surface area contributed by atoms with Crippen LogP contribution >= 0.6 is 11.3 Å². The third-order valence-electron chi connectivity index (χ3n) is 5.73. The molecule has 1 aliphatic heterocycles. The first kappa shape index (κ1) is 22.0. The predicted molar refractivity (Wildman–Crippen MR) is 126 cm³/mol. The first-order valence-corrected chi connectivity index (χ1v) is 11.6. The fourth-order valence-corrected chi connectivity index (χ4v) is 4.89. The number of anilines is 2. The summed E-state index contributed by atoms with van der Waals surface area (Å²) in [5.74, 6) is 0.562. The van der Waals surface area contributed by atoms with Crippen molar-refractivity contribution >= 4 is 45.2 Å².